The molecule has 4 heteroatoms. The van der Waals surface area contributed by atoms with Gasteiger partial charge in [0.2, 0.25) is 0 Å². The Balaban J connectivity index is 2.39. The van der Waals surface area contributed by atoms with E-state index in [1.807, 2.05) is 30.3 Å². The lowest BCUT2D eigenvalue weighted by molar-refractivity contribution is -0.128. The van der Waals surface area contributed by atoms with E-state index in [1.165, 1.54) is 9.80 Å². The van der Waals surface area contributed by atoms with Crippen molar-refractivity contribution in [3.8, 4) is 0 Å². The highest BCUT2D eigenvalue weighted by Crippen LogP contribution is 2.30. The quantitative estimate of drug-likeness (QED) is 0.599. The van der Waals surface area contributed by atoms with Crippen molar-refractivity contribution < 1.29 is 9.59 Å². The Morgan fingerprint density at radius 1 is 1.05 bits per heavy atom. The van der Waals surface area contributed by atoms with Crippen LogP contribution in [0.2, 0.25) is 0 Å². The minimum Gasteiger partial charge on any atom is -0.304 e. The molecule has 3 amide bonds. The van der Waals surface area contributed by atoms with Gasteiger partial charge >= 0.3 is 6.03 Å². The number of urea groups is 1. The minimum absolute atomic E-state index is 0.210. The highest BCUT2D eigenvalue weighted by atomic mass is 16.2. The molecule has 1 fully saturated rings. The molecular formula is C15H16N2O2. The molecule has 0 bridgehead atoms. The standard InChI is InChI=1S/C15H16N2O2/c1-3-10-16-13(12-8-6-5-7-9-12)14(18)17(11-4-2)15(16)19/h3-9,13H,1-2,10-11H2. The molecule has 1 saturated heterocycles. The van der Waals surface area contributed by atoms with Crippen molar-refractivity contribution in [3.63, 3.8) is 0 Å². The van der Waals surface area contributed by atoms with Gasteiger partial charge in [-0.3, -0.25) is 9.69 Å². The zero-order valence-electron chi connectivity index (χ0n) is 10.7. The van der Waals surface area contributed by atoms with Gasteiger partial charge in [0.05, 0.1) is 0 Å². The van der Waals surface area contributed by atoms with Crippen LogP contribution in [0.3, 0.4) is 0 Å². The fourth-order valence-corrected chi connectivity index (χ4v) is 2.22. The molecule has 0 spiro atoms. The maximum Gasteiger partial charge on any atom is 0.328 e. The first-order valence-electron chi connectivity index (χ1n) is 6.09. The lowest BCUT2D eigenvalue weighted by atomic mass is 10.1. The predicted octanol–water partition coefficient (Wildman–Crippen LogP) is 2.36. The van der Waals surface area contributed by atoms with Crippen LogP contribution in [0.15, 0.2) is 55.6 Å². The topological polar surface area (TPSA) is 40.6 Å². The SMILES string of the molecule is C=CCN1C(=O)C(c2ccccc2)N(CC=C)C1=O. The molecule has 0 N–H and O–H groups in total. The summed E-state index contributed by atoms with van der Waals surface area (Å²) in [5.74, 6) is -0.210. The number of hydrogen-bond donors (Lipinski definition) is 0. The number of imide groups is 1. The molecule has 19 heavy (non-hydrogen) atoms. The molecule has 1 aliphatic rings. The normalized spacial score (nSPS) is 18.8. The number of hydrogen-bond acceptors (Lipinski definition) is 2. The zero-order valence-corrected chi connectivity index (χ0v) is 10.7. The number of carbonyl (C=O) groups is 2. The van der Waals surface area contributed by atoms with Gasteiger partial charge in [-0.2, -0.15) is 0 Å². The van der Waals surface area contributed by atoms with Crippen LogP contribution in [0, 0.1) is 0 Å². The maximum absolute atomic E-state index is 12.4. The van der Waals surface area contributed by atoms with Gasteiger partial charge in [0.25, 0.3) is 5.91 Å². The average Bonchev–Trinajstić information content (AvgIpc) is 2.65. The highest BCUT2D eigenvalue weighted by Gasteiger charge is 2.44. The molecule has 4 nitrogen and oxygen atoms in total. The van der Waals surface area contributed by atoms with Crippen LogP contribution in [0.1, 0.15) is 11.6 Å². The first-order chi connectivity index (χ1) is 9.20. The first-order valence-corrected chi connectivity index (χ1v) is 6.09. The molecule has 1 aromatic rings. The van der Waals surface area contributed by atoms with Crippen molar-refractivity contribution in [1.82, 2.24) is 9.80 Å². The Morgan fingerprint density at radius 2 is 1.68 bits per heavy atom. The number of benzene rings is 1. The highest BCUT2D eigenvalue weighted by molar-refractivity contribution is 6.04. The van der Waals surface area contributed by atoms with Crippen LogP contribution >= 0.6 is 0 Å². The van der Waals surface area contributed by atoms with E-state index in [1.54, 1.807) is 12.2 Å². The third-order valence-corrected chi connectivity index (χ3v) is 3.04. The second-order valence-electron chi connectivity index (χ2n) is 4.27. The van der Waals surface area contributed by atoms with E-state index in [0.717, 1.165) is 5.56 Å². The second kappa shape index (κ2) is 5.52. The fraction of sp³-hybridized carbons (Fsp3) is 0.200. The molecule has 0 aliphatic carbocycles. The Bertz CT molecular complexity index is 510. The van der Waals surface area contributed by atoms with Crippen LogP contribution in [0.5, 0.6) is 0 Å². The predicted molar refractivity (Wildman–Crippen MR) is 73.4 cm³/mol. The zero-order chi connectivity index (χ0) is 13.8. The van der Waals surface area contributed by atoms with E-state index in [9.17, 15) is 9.59 Å². The lowest BCUT2D eigenvalue weighted by Crippen LogP contribution is -2.33. The van der Waals surface area contributed by atoms with Crippen molar-refractivity contribution >= 4 is 11.9 Å². The van der Waals surface area contributed by atoms with Gasteiger partial charge in [0, 0.05) is 13.1 Å². The number of nitrogens with zero attached hydrogens (tertiary/aromatic N) is 2. The molecule has 98 valence electrons. The van der Waals surface area contributed by atoms with Crippen molar-refractivity contribution in [3.05, 3.63) is 61.2 Å². The van der Waals surface area contributed by atoms with Crippen LogP contribution in [-0.2, 0) is 4.79 Å². The van der Waals surface area contributed by atoms with Gasteiger partial charge in [-0.25, -0.2) is 4.79 Å². The molecule has 0 radical (unpaired) electrons. The van der Waals surface area contributed by atoms with Crippen LogP contribution in [0.25, 0.3) is 0 Å². The summed E-state index contributed by atoms with van der Waals surface area (Å²) in [6, 6.07) is 8.44. The number of carbonyl (C=O) groups excluding carboxylic acids is 2. The van der Waals surface area contributed by atoms with Crippen molar-refractivity contribution in [2.75, 3.05) is 13.1 Å². The van der Waals surface area contributed by atoms with E-state index < -0.39 is 6.04 Å². The summed E-state index contributed by atoms with van der Waals surface area (Å²) in [7, 11) is 0. The molecule has 2 rings (SSSR count). The van der Waals surface area contributed by atoms with Gasteiger partial charge in [0.1, 0.15) is 6.04 Å². The van der Waals surface area contributed by atoms with E-state index >= 15 is 0 Å². The van der Waals surface area contributed by atoms with Crippen LogP contribution < -0.4 is 0 Å². The van der Waals surface area contributed by atoms with Crippen molar-refractivity contribution in [1.29, 1.82) is 0 Å². The number of amides is 3. The maximum atomic E-state index is 12.4. The Labute approximate surface area is 112 Å². The Morgan fingerprint density at radius 3 is 2.26 bits per heavy atom. The first kappa shape index (κ1) is 13.1. The summed E-state index contributed by atoms with van der Waals surface area (Å²) < 4.78 is 0. The average molecular weight is 256 g/mol. The summed E-state index contributed by atoms with van der Waals surface area (Å²) in [6.07, 6.45) is 3.17. The van der Waals surface area contributed by atoms with Gasteiger partial charge in [-0.05, 0) is 5.56 Å². The lowest BCUT2D eigenvalue weighted by Gasteiger charge is -2.20. The molecule has 1 heterocycles. The summed E-state index contributed by atoms with van der Waals surface area (Å²) in [5.41, 5.74) is 0.814. The van der Waals surface area contributed by atoms with Crippen molar-refractivity contribution in [2.24, 2.45) is 0 Å². The summed E-state index contributed by atoms with van der Waals surface area (Å²) in [5, 5.41) is 0. The van der Waals surface area contributed by atoms with E-state index in [0.29, 0.717) is 6.54 Å². The van der Waals surface area contributed by atoms with Gasteiger partial charge in [0.15, 0.2) is 0 Å². The molecule has 0 saturated carbocycles. The molecule has 0 aromatic heterocycles. The largest absolute Gasteiger partial charge is 0.328 e. The van der Waals surface area contributed by atoms with Gasteiger partial charge in [-0.1, -0.05) is 42.5 Å². The molecule has 1 atom stereocenters. The van der Waals surface area contributed by atoms with E-state index in [-0.39, 0.29) is 18.5 Å². The Kier molecular flexibility index (Phi) is 3.80. The monoisotopic (exact) mass is 256 g/mol. The van der Waals surface area contributed by atoms with Crippen LogP contribution in [-0.4, -0.2) is 34.8 Å². The molecule has 1 aromatic carbocycles. The summed E-state index contributed by atoms with van der Waals surface area (Å²) >= 11 is 0. The third kappa shape index (κ3) is 2.29. The fourth-order valence-electron chi connectivity index (χ4n) is 2.22. The Hall–Kier alpha value is -2.36. The van der Waals surface area contributed by atoms with E-state index in [4.69, 9.17) is 0 Å². The molecule has 1 aliphatic heterocycles. The summed E-state index contributed by atoms with van der Waals surface area (Å²) in [6.45, 7) is 7.79. The summed E-state index contributed by atoms with van der Waals surface area (Å²) in [4.78, 5) is 27.3. The van der Waals surface area contributed by atoms with E-state index in [2.05, 4.69) is 13.2 Å². The minimum atomic E-state index is -0.563. The molecular weight excluding hydrogens is 240 g/mol. The molecule has 1 unspecified atom stereocenters. The van der Waals surface area contributed by atoms with Crippen molar-refractivity contribution in [2.45, 2.75) is 6.04 Å². The van der Waals surface area contributed by atoms with Gasteiger partial charge in [-0.15, -0.1) is 13.2 Å². The van der Waals surface area contributed by atoms with Crippen LogP contribution in [0.4, 0.5) is 4.79 Å². The smallest absolute Gasteiger partial charge is 0.304 e. The second-order valence-corrected chi connectivity index (χ2v) is 4.27. The number of rotatable bonds is 5. The van der Waals surface area contributed by atoms with Gasteiger partial charge < -0.3 is 4.90 Å². The third-order valence-electron chi connectivity index (χ3n) is 3.04.